The molecule has 1 atom stereocenters. The number of carbonyl (C=O) groups is 1. The third-order valence-corrected chi connectivity index (χ3v) is 3.95. The van der Waals surface area contributed by atoms with E-state index in [1.54, 1.807) is 27.0 Å². The highest BCUT2D eigenvalue weighted by Crippen LogP contribution is 2.25. The van der Waals surface area contributed by atoms with Gasteiger partial charge < -0.3 is 10.1 Å². The Kier molecular flexibility index (Phi) is 6.67. The minimum atomic E-state index is -0.727. The van der Waals surface area contributed by atoms with E-state index in [4.69, 9.17) is 16.3 Å². The molecule has 0 aliphatic carbocycles. The second-order valence-corrected chi connectivity index (χ2v) is 7.75. The number of nitrogens with one attached hydrogen (secondary N) is 1. The Morgan fingerprint density at radius 1 is 1.38 bits per heavy atom. The van der Waals surface area contributed by atoms with Crippen LogP contribution in [-0.2, 0) is 4.74 Å². The van der Waals surface area contributed by atoms with Gasteiger partial charge in [0.15, 0.2) is 0 Å². The zero-order valence-corrected chi connectivity index (χ0v) is 16.4. The standard InChI is InChI=1S/C19H26ClN3O3/c1-13(6-5-11-23(25)18(24)26-19(2,3)4)22-16-9-10-21-17-12-14(20)7-8-15(16)17/h7-10,12-13,25H,5-6,11H2,1-4H3,(H,21,22). The van der Waals surface area contributed by atoms with E-state index in [0.717, 1.165) is 23.0 Å². The lowest BCUT2D eigenvalue weighted by Crippen LogP contribution is -2.35. The summed E-state index contributed by atoms with van der Waals surface area (Å²) in [5, 5.41) is 15.5. The van der Waals surface area contributed by atoms with E-state index < -0.39 is 11.7 Å². The largest absolute Gasteiger partial charge is 0.442 e. The second-order valence-electron chi connectivity index (χ2n) is 7.31. The van der Waals surface area contributed by atoms with Crippen LogP contribution in [0.25, 0.3) is 10.9 Å². The first-order valence-electron chi connectivity index (χ1n) is 8.66. The normalized spacial score (nSPS) is 12.7. The number of hydrogen-bond acceptors (Lipinski definition) is 5. The Balaban J connectivity index is 1.86. The number of amides is 1. The van der Waals surface area contributed by atoms with Crippen molar-refractivity contribution in [2.45, 2.75) is 52.2 Å². The minimum Gasteiger partial charge on any atom is -0.442 e. The maximum atomic E-state index is 11.7. The molecule has 0 saturated heterocycles. The van der Waals surface area contributed by atoms with Crippen molar-refractivity contribution in [2.24, 2.45) is 0 Å². The maximum absolute atomic E-state index is 11.7. The zero-order chi connectivity index (χ0) is 19.3. The predicted octanol–water partition coefficient (Wildman–Crippen LogP) is 5.10. The van der Waals surface area contributed by atoms with Crippen molar-refractivity contribution < 1.29 is 14.7 Å². The third kappa shape index (κ3) is 6.04. The van der Waals surface area contributed by atoms with Crippen LogP contribution in [0.15, 0.2) is 30.5 Å². The lowest BCUT2D eigenvalue weighted by molar-refractivity contribution is -0.0944. The number of hydrogen-bond donors (Lipinski definition) is 2. The SMILES string of the molecule is CC(CCCN(O)C(=O)OC(C)(C)C)Nc1ccnc2cc(Cl)ccc12. The molecule has 1 aromatic carbocycles. The first-order valence-corrected chi connectivity index (χ1v) is 9.04. The van der Waals surface area contributed by atoms with Gasteiger partial charge in [-0.2, -0.15) is 5.06 Å². The molecule has 0 fully saturated rings. The van der Waals surface area contributed by atoms with E-state index >= 15 is 0 Å². The zero-order valence-electron chi connectivity index (χ0n) is 15.6. The highest BCUT2D eigenvalue weighted by Gasteiger charge is 2.20. The monoisotopic (exact) mass is 379 g/mol. The molecular formula is C19H26ClN3O3. The summed E-state index contributed by atoms with van der Waals surface area (Å²) in [4.78, 5) is 16.0. The number of hydroxylamine groups is 2. The van der Waals surface area contributed by atoms with Crippen molar-refractivity contribution in [3.63, 3.8) is 0 Å². The molecule has 1 amide bonds. The van der Waals surface area contributed by atoms with Crippen molar-refractivity contribution in [3.8, 4) is 0 Å². The lowest BCUT2D eigenvalue weighted by atomic mass is 10.1. The van der Waals surface area contributed by atoms with Crippen molar-refractivity contribution in [1.82, 2.24) is 10.0 Å². The smallest absolute Gasteiger partial charge is 0.434 e. The minimum absolute atomic E-state index is 0.156. The van der Waals surface area contributed by atoms with Gasteiger partial charge in [-0.25, -0.2) is 4.79 Å². The van der Waals surface area contributed by atoms with E-state index in [1.807, 2.05) is 24.3 Å². The lowest BCUT2D eigenvalue weighted by Gasteiger charge is -2.23. The summed E-state index contributed by atoms with van der Waals surface area (Å²) in [6.07, 6.45) is 2.43. The molecular weight excluding hydrogens is 354 g/mol. The molecule has 6 nitrogen and oxygen atoms in total. The van der Waals surface area contributed by atoms with Crippen LogP contribution in [0, 0.1) is 0 Å². The molecule has 0 saturated carbocycles. The van der Waals surface area contributed by atoms with Gasteiger partial charge >= 0.3 is 6.09 Å². The second kappa shape index (κ2) is 8.56. The molecule has 0 aliphatic rings. The highest BCUT2D eigenvalue weighted by atomic mass is 35.5. The van der Waals surface area contributed by atoms with E-state index in [2.05, 4.69) is 17.2 Å². The Bertz CT molecular complexity index is 761. The van der Waals surface area contributed by atoms with Gasteiger partial charge in [-0.1, -0.05) is 11.6 Å². The van der Waals surface area contributed by atoms with E-state index in [9.17, 15) is 10.0 Å². The van der Waals surface area contributed by atoms with Gasteiger partial charge in [-0.15, -0.1) is 0 Å². The summed E-state index contributed by atoms with van der Waals surface area (Å²) in [6.45, 7) is 7.55. The van der Waals surface area contributed by atoms with Gasteiger partial charge in [0.2, 0.25) is 0 Å². The van der Waals surface area contributed by atoms with E-state index in [1.165, 1.54) is 0 Å². The number of benzene rings is 1. The van der Waals surface area contributed by atoms with Crippen molar-refractivity contribution >= 4 is 34.3 Å². The van der Waals surface area contributed by atoms with Crippen LogP contribution in [0.3, 0.4) is 0 Å². The van der Waals surface area contributed by atoms with Crippen LogP contribution in [0.1, 0.15) is 40.5 Å². The fourth-order valence-electron chi connectivity index (χ4n) is 2.54. The van der Waals surface area contributed by atoms with Gasteiger partial charge in [0.25, 0.3) is 0 Å². The van der Waals surface area contributed by atoms with Crippen molar-refractivity contribution in [2.75, 3.05) is 11.9 Å². The first-order chi connectivity index (χ1) is 12.2. The number of pyridine rings is 1. The molecule has 142 valence electrons. The average molecular weight is 380 g/mol. The van der Waals surface area contributed by atoms with Gasteiger partial charge in [-0.3, -0.25) is 10.2 Å². The van der Waals surface area contributed by atoms with Crippen molar-refractivity contribution in [3.05, 3.63) is 35.5 Å². The van der Waals surface area contributed by atoms with Crippen LogP contribution in [0.4, 0.5) is 10.5 Å². The average Bonchev–Trinajstić information content (AvgIpc) is 2.53. The molecule has 0 spiro atoms. The Labute approximate surface area is 159 Å². The van der Waals surface area contributed by atoms with Crippen LogP contribution < -0.4 is 5.32 Å². The number of aromatic nitrogens is 1. The summed E-state index contributed by atoms with van der Waals surface area (Å²) in [6, 6.07) is 7.69. The molecule has 0 aliphatic heterocycles. The summed E-state index contributed by atoms with van der Waals surface area (Å²) in [5.74, 6) is 0. The number of rotatable bonds is 6. The van der Waals surface area contributed by atoms with E-state index in [-0.39, 0.29) is 12.6 Å². The van der Waals surface area contributed by atoms with Crippen LogP contribution in [0.2, 0.25) is 5.02 Å². The molecule has 1 heterocycles. The Hall–Kier alpha value is -2.05. The predicted molar refractivity (Wildman–Crippen MR) is 104 cm³/mol. The number of anilines is 1. The molecule has 2 rings (SSSR count). The number of fused-ring (bicyclic) bond motifs is 1. The molecule has 0 radical (unpaired) electrons. The fraction of sp³-hybridized carbons (Fsp3) is 0.474. The number of ether oxygens (including phenoxy) is 1. The first kappa shape index (κ1) is 20.3. The highest BCUT2D eigenvalue weighted by molar-refractivity contribution is 6.31. The summed E-state index contributed by atoms with van der Waals surface area (Å²) >= 11 is 6.01. The quantitative estimate of drug-likeness (QED) is 0.539. The number of nitrogens with zero attached hydrogens (tertiary/aromatic N) is 2. The Morgan fingerprint density at radius 3 is 2.81 bits per heavy atom. The molecule has 0 bridgehead atoms. The maximum Gasteiger partial charge on any atom is 0.434 e. The van der Waals surface area contributed by atoms with Crippen LogP contribution in [-0.4, -0.2) is 39.5 Å². The van der Waals surface area contributed by atoms with Crippen LogP contribution >= 0.6 is 11.6 Å². The molecule has 1 aromatic heterocycles. The van der Waals surface area contributed by atoms with E-state index in [0.29, 0.717) is 16.5 Å². The van der Waals surface area contributed by atoms with Crippen LogP contribution in [0.5, 0.6) is 0 Å². The summed E-state index contributed by atoms with van der Waals surface area (Å²) < 4.78 is 5.11. The number of halogens is 1. The van der Waals surface area contributed by atoms with Crippen molar-refractivity contribution in [1.29, 1.82) is 0 Å². The van der Waals surface area contributed by atoms with Gasteiger partial charge in [-0.05, 0) is 64.8 Å². The van der Waals surface area contributed by atoms with Gasteiger partial charge in [0.05, 0.1) is 12.1 Å². The van der Waals surface area contributed by atoms with Gasteiger partial charge in [0, 0.05) is 28.3 Å². The molecule has 26 heavy (non-hydrogen) atoms. The number of carbonyl (C=O) groups excluding carboxylic acids is 1. The Morgan fingerprint density at radius 2 is 2.12 bits per heavy atom. The third-order valence-electron chi connectivity index (χ3n) is 3.72. The van der Waals surface area contributed by atoms with Gasteiger partial charge in [0.1, 0.15) is 5.60 Å². The fourth-order valence-corrected chi connectivity index (χ4v) is 2.70. The topological polar surface area (TPSA) is 74.7 Å². The molecule has 2 N–H and O–H groups in total. The molecule has 2 aromatic rings. The summed E-state index contributed by atoms with van der Waals surface area (Å²) in [5.41, 5.74) is 1.19. The molecule has 7 heteroatoms. The summed E-state index contributed by atoms with van der Waals surface area (Å²) in [7, 11) is 0. The molecule has 1 unspecified atom stereocenters.